The van der Waals surface area contributed by atoms with E-state index in [9.17, 15) is 4.39 Å². The molecule has 4 heterocycles. The maximum Gasteiger partial charge on any atom is 0.138 e. The van der Waals surface area contributed by atoms with Gasteiger partial charge in [0.15, 0.2) is 0 Å². The summed E-state index contributed by atoms with van der Waals surface area (Å²) >= 11 is 0. The molecular formula is C24H23FN4O2. The van der Waals surface area contributed by atoms with Crippen molar-refractivity contribution in [3.8, 4) is 17.0 Å². The largest absolute Gasteiger partial charge is 0.496 e. The second-order valence-electron chi connectivity index (χ2n) is 7.51. The van der Waals surface area contributed by atoms with Crippen molar-refractivity contribution >= 4 is 16.7 Å². The number of hydrogen-bond donors (Lipinski definition) is 0. The molecule has 0 atom stereocenters. The molecule has 6 nitrogen and oxygen atoms in total. The van der Waals surface area contributed by atoms with Crippen LogP contribution < -0.4 is 9.64 Å². The summed E-state index contributed by atoms with van der Waals surface area (Å²) in [6.07, 6.45) is 5.69. The van der Waals surface area contributed by atoms with Crippen LogP contribution in [-0.4, -0.2) is 47.9 Å². The van der Waals surface area contributed by atoms with Gasteiger partial charge in [-0.25, -0.2) is 9.37 Å². The molecule has 1 fully saturated rings. The van der Waals surface area contributed by atoms with Gasteiger partial charge in [0.25, 0.3) is 0 Å². The molecule has 0 unspecified atom stereocenters. The summed E-state index contributed by atoms with van der Waals surface area (Å²) in [5.74, 6) is 1.04. The third kappa shape index (κ3) is 3.84. The highest BCUT2D eigenvalue weighted by molar-refractivity contribution is 5.94. The Morgan fingerprint density at radius 3 is 2.65 bits per heavy atom. The van der Waals surface area contributed by atoms with Crippen LogP contribution in [0.15, 0.2) is 61.1 Å². The Hall–Kier alpha value is -3.45. The van der Waals surface area contributed by atoms with Crippen molar-refractivity contribution in [3.63, 3.8) is 0 Å². The smallest absolute Gasteiger partial charge is 0.138 e. The summed E-state index contributed by atoms with van der Waals surface area (Å²) in [4.78, 5) is 11.4. The van der Waals surface area contributed by atoms with E-state index in [-0.39, 0.29) is 5.82 Å². The van der Waals surface area contributed by atoms with Crippen LogP contribution in [0.5, 0.6) is 5.75 Å². The molecule has 5 rings (SSSR count). The number of hydrogen-bond acceptors (Lipinski definition) is 5. The molecule has 0 N–H and O–H groups in total. The maximum atomic E-state index is 13.8. The van der Waals surface area contributed by atoms with Crippen molar-refractivity contribution in [2.24, 2.45) is 0 Å². The van der Waals surface area contributed by atoms with Gasteiger partial charge in [0.05, 0.1) is 31.5 Å². The van der Waals surface area contributed by atoms with Gasteiger partial charge in [-0.15, -0.1) is 0 Å². The molecule has 0 saturated carbocycles. The van der Waals surface area contributed by atoms with Crippen LogP contribution in [0, 0.1) is 5.82 Å². The van der Waals surface area contributed by atoms with Gasteiger partial charge in [-0.3, -0.25) is 4.98 Å². The maximum absolute atomic E-state index is 13.8. The highest BCUT2D eigenvalue weighted by Crippen LogP contribution is 2.35. The van der Waals surface area contributed by atoms with Crippen LogP contribution in [0.4, 0.5) is 10.2 Å². The van der Waals surface area contributed by atoms with Crippen molar-refractivity contribution in [1.82, 2.24) is 14.5 Å². The van der Waals surface area contributed by atoms with Crippen molar-refractivity contribution < 1.29 is 13.9 Å². The van der Waals surface area contributed by atoms with Gasteiger partial charge in [-0.2, -0.15) is 0 Å². The molecule has 0 amide bonds. The lowest BCUT2D eigenvalue weighted by Gasteiger charge is -2.29. The first-order chi connectivity index (χ1) is 15.2. The minimum Gasteiger partial charge on any atom is -0.496 e. The van der Waals surface area contributed by atoms with Gasteiger partial charge in [0, 0.05) is 55.2 Å². The lowest BCUT2D eigenvalue weighted by atomic mass is 10.1. The average molecular weight is 418 g/mol. The molecule has 0 aliphatic carbocycles. The number of pyridine rings is 2. The summed E-state index contributed by atoms with van der Waals surface area (Å²) in [6, 6.07) is 12.7. The van der Waals surface area contributed by atoms with E-state index in [0.29, 0.717) is 19.0 Å². The Morgan fingerprint density at radius 1 is 1.06 bits per heavy atom. The quantitative estimate of drug-likeness (QED) is 0.488. The van der Waals surface area contributed by atoms with Gasteiger partial charge >= 0.3 is 0 Å². The van der Waals surface area contributed by atoms with Crippen LogP contribution in [0.1, 0.15) is 5.56 Å². The van der Waals surface area contributed by atoms with Crippen LogP contribution >= 0.6 is 0 Å². The molecule has 0 bridgehead atoms. The van der Waals surface area contributed by atoms with E-state index in [1.54, 1.807) is 25.6 Å². The predicted molar refractivity (Wildman–Crippen MR) is 118 cm³/mol. The zero-order valence-corrected chi connectivity index (χ0v) is 17.3. The minimum absolute atomic E-state index is 0.337. The number of benzene rings is 1. The summed E-state index contributed by atoms with van der Waals surface area (Å²) < 4.78 is 27.0. The molecular weight excluding hydrogens is 395 g/mol. The van der Waals surface area contributed by atoms with Gasteiger partial charge in [-0.05, 0) is 42.0 Å². The monoisotopic (exact) mass is 418 g/mol. The number of rotatable bonds is 5. The molecule has 1 aliphatic heterocycles. The summed E-state index contributed by atoms with van der Waals surface area (Å²) in [6.45, 7) is 3.62. The molecule has 1 aliphatic rings. The van der Waals surface area contributed by atoms with Crippen molar-refractivity contribution in [3.05, 3.63) is 72.4 Å². The Kier molecular flexibility index (Phi) is 5.26. The van der Waals surface area contributed by atoms with Gasteiger partial charge < -0.3 is 18.9 Å². The summed E-state index contributed by atoms with van der Waals surface area (Å²) in [7, 11) is 1.55. The highest BCUT2D eigenvalue weighted by atomic mass is 19.1. The lowest BCUT2D eigenvalue weighted by Crippen LogP contribution is -2.36. The zero-order valence-electron chi connectivity index (χ0n) is 17.3. The molecule has 1 aromatic carbocycles. The minimum atomic E-state index is -0.337. The van der Waals surface area contributed by atoms with E-state index in [2.05, 4.69) is 32.8 Å². The number of anilines is 1. The first-order valence-corrected chi connectivity index (χ1v) is 10.3. The molecule has 158 valence electrons. The third-order valence-electron chi connectivity index (χ3n) is 5.60. The normalized spacial score (nSPS) is 14.2. The predicted octanol–water partition coefficient (Wildman–Crippen LogP) is 4.13. The van der Waals surface area contributed by atoms with E-state index < -0.39 is 0 Å². The fourth-order valence-corrected chi connectivity index (χ4v) is 4.02. The second kappa shape index (κ2) is 8.35. The fraction of sp³-hybridized carbons (Fsp3) is 0.250. The van der Waals surface area contributed by atoms with Crippen LogP contribution in [0.25, 0.3) is 22.2 Å². The molecule has 1 saturated heterocycles. The van der Waals surface area contributed by atoms with E-state index in [4.69, 9.17) is 14.5 Å². The Bertz CT molecular complexity index is 1200. The molecule has 7 heteroatoms. The standard InChI is InChI=1S/C24H23FN4O2/c1-30-23-14-18(25)2-3-19(23)21-15-22-20(24(27-21)28-10-12-31-13-11-28)6-9-29(22)16-17-4-7-26-8-5-17/h2-9,14-15H,10-13,16H2,1H3. The zero-order chi connectivity index (χ0) is 21.2. The average Bonchev–Trinajstić information content (AvgIpc) is 3.22. The van der Waals surface area contributed by atoms with Crippen LogP contribution in [0.3, 0.4) is 0 Å². The first kappa shape index (κ1) is 19.5. The third-order valence-corrected chi connectivity index (χ3v) is 5.60. The SMILES string of the molecule is COc1cc(F)ccc1-c1cc2c(ccn2Cc2ccncc2)c(N2CCOCC2)n1. The van der Waals surface area contributed by atoms with E-state index in [0.717, 1.165) is 53.2 Å². The van der Waals surface area contributed by atoms with Crippen LogP contribution in [0.2, 0.25) is 0 Å². The lowest BCUT2D eigenvalue weighted by molar-refractivity contribution is 0.122. The second-order valence-corrected chi connectivity index (χ2v) is 7.51. The number of methoxy groups -OCH3 is 1. The van der Waals surface area contributed by atoms with E-state index in [1.807, 2.05) is 12.1 Å². The van der Waals surface area contributed by atoms with Crippen molar-refractivity contribution in [2.75, 3.05) is 38.3 Å². The van der Waals surface area contributed by atoms with E-state index >= 15 is 0 Å². The van der Waals surface area contributed by atoms with Gasteiger partial charge in [0.1, 0.15) is 17.4 Å². The number of aromatic nitrogens is 3. The topological polar surface area (TPSA) is 52.4 Å². The number of ether oxygens (including phenoxy) is 2. The Labute approximate surface area is 179 Å². The van der Waals surface area contributed by atoms with Crippen molar-refractivity contribution in [1.29, 1.82) is 0 Å². The van der Waals surface area contributed by atoms with Crippen molar-refractivity contribution in [2.45, 2.75) is 6.54 Å². The number of fused-ring (bicyclic) bond motifs is 1. The first-order valence-electron chi connectivity index (χ1n) is 10.3. The van der Waals surface area contributed by atoms with Gasteiger partial charge in [-0.1, -0.05) is 0 Å². The van der Waals surface area contributed by atoms with Gasteiger partial charge in [0.2, 0.25) is 0 Å². The molecule has 31 heavy (non-hydrogen) atoms. The molecule has 0 spiro atoms. The molecule has 3 aromatic heterocycles. The van der Waals surface area contributed by atoms with Crippen LogP contribution in [-0.2, 0) is 11.3 Å². The molecule has 4 aromatic rings. The number of halogens is 1. The fourth-order valence-electron chi connectivity index (χ4n) is 4.02. The number of nitrogens with zero attached hydrogens (tertiary/aromatic N) is 4. The summed E-state index contributed by atoms with van der Waals surface area (Å²) in [5, 5.41) is 1.08. The Balaban J connectivity index is 1.67. The molecule has 0 radical (unpaired) electrons. The summed E-state index contributed by atoms with van der Waals surface area (Å²) in [5.41, 5.74) is 3.74. The highest BCUT2D eigenvalue weighted by Gasteiger charge is 2.20. The van der Waals surface area contributed by atoms with E-state index in [1.165, 1.54) is 12.1 Å². The number of morpholine rings is 1. The Morgan fingerprint density at radius 2 is 1.87 bits per heavy atom.